The van der Waals surface area contributed by atoms with E-state index < -0.39 is 5.97 Å². The molecule has 0 aliphatic rings. The van der Waals surface area contributed by atoms with Crippen molar-refractivity contribution in [2.45, 2.75) is 38.6 Å². The van der Waals surface area contributed by atoms with Crippen LogP contribution in [0.4, 0.5) is 0 Å². The Labute approximate surface area is 102 Å². The zero-order chi connectivity index (χ0) is 12.5. The maximum absolute atomic E-state index is 10.3. The van der Waals surface area contributed by atoms with Crippen LogP contribution in [-0.2, 0) is 4.79 Å². The molecule has 0 aliphatic carbocycles. The van der Waals surface area contributed by atoms with Crippen LogP contribution in [0.3, 0.4) is 0 Å². The number of rotatable bonds is 8. The minimum atomic E-state index is -0.707. The maximum atomic E-state index is 10.3. The molecule has 1 rings (SSSR count). The molecular formula is C13H20N2O2. The SMILES string of the molecule is C[C@@H](NCCCCCC(=O)O)c1cccnc1. The molecule has 0 fully saturated rings. The second-order valence-electron chi connectivity index (χ2n) is 4.17. The van der Waals surface area contributed by atoms with Crippen LogP contribution in [0, 0.1) is 0 Å². The molecule has 0 aromatic carbocycles. The van der Waals surface area contributed by atoms with Crippen molar-refractivity contribution < 1.29 is 9.90 Å². The summed E-state index contributed by atoms with van der Waals surface area (Å²) in [5.41, 5.74) is 1.18. The topological polar surface area (TPSA) is 62.2 Å². The first-order valence-corrected chi connectivity index (χ1v) is 6.05. The van der Waals surface area contributed by atoms with Gasteiger partial charge in [0.15, 0.2) is 0 Å². The lowest BCUT2D eigenvalue weighted by Gasteiger charge is -2.13. The van der Waals surface area contributed by atoms with Gasteiger partial charge in [-0.15, -0.1) is 0 Å². The van der Waals surface area contributed by atoms with E-state index in [9.17, 15) is 4.79 Å². The van der Waals surface area contributed by atoms with Crippen LogP contribution in [0.15, 0.2) is 24.5 Å². The van der Waals surface area contributed by atoms with E-state index in [2.05, 4.69) is 23.3 Å². The van der Waals surface area contributed by atoms with Gasteiger partial charge in [0, 0.05) is 24.9 Å². The summed E-state index contributed by atoms with van der Waals surface area (Å²) in [6.45, 7) is 3.02. The zero-order valence-electron chi connectivity index (χ0n) is 10.2. The monoisotopic (exact) mass is 236 g/mol. The van der Waals surface area contributed by atoms with E-state index in [0.29, 0.717) is 6.04 Å². The molecule has 1 heterocycles. The highest BCUT2D eigenvalue weighted by Gasteiger charge is 2.03. The second-order valence-corrected chi connectivity index (χ2v) is 4.17. The van der Waals surface area contributed by atoms with Crippen molar-refractivity contribution in [1.29, 1.82) is 0 Å². The molecule has 17 heavy (non-hydrogen) atoms. The van der Waals surface area contributed by atoms with Gasteiger partial charge in [-0.1, -0.05) is 12.5 Å². The number of carboxylic acid groups (broad SMARTS) is 1. The third-order valence-electron chi connectivity index (χ3n) is 2.70. The molecule has 0 spiro atoms. The summed E-state index contributed by atoms with van der Waals surface area (Å²) in [5.74, 6) is -0.707. The van der Waals surface area contributed by atoms with Crippen molar-refractivity contribution in [2.75, 3.05) is 6.54 Å². The zero-order valence-corrected chi connectivity index (χ0v) is 10.2. The molecule has 4 heteroatoms. The molecule has 1 aromatic rings. The Balaban J connectivity index is 2.09. The number of carbonyl (C=O) groups is 1. The summed E-state index contributed by atoms with van der Waals surface area (Å²) in [5, 5.41) is 11.9. The summed E-state index contributed by atoms with van der Waals surface area (Å²) in [7, 11) is 0. The smallest absolute Gasteiger partial charge is 0.303 e. The van der Waals surface area contributed by atoms with Crippen molar-refractivity contribution in [3.63, 3.8) is 0 Å². The first-order valence-electron chi connectivity index (χ1n) is 6.05. The van der Waals surface area contributed by atoms with Gasteiger partial charge >= 0.3 is 5.97 Å². The predicted octanol–water partition coefficient (Wildman–Crippen LogP) is 2.38. The molecule has 2 N–H and O–H groups in total. The van der Waals surface area contributed by atoms with E-state index in [-0.39, 0.29) is 6.42 Å². The van der Waals surface area contributed by atoms with Crippen molar-refractivity contribution >= 4 is 5.97 Å². The van der Waals surface area contributed by atoms with Gasteiger partial charge < -0.3 is 10.4 Å². The fourth-order valence-corrected chi connectivity index (χ4v) is 1.65. The fraction of sp³-hybridized carbons (Fsp3) is 0.538. The first-order chi connectivity index (χ1) is 8.20. The standard InChI is InChI=1S/C13H20N2O2/c1-11(12-6-5-8-14-10-12)15-9-4-2-3-7-13(16)17/h5-6,8,10-11,15H,2-4,7,9H2,1H3,(H,16,17)/t11-/m1/s1. The van der Waals surface area contributed by atoms with Gasteiger partial charge in [-0.05, 0) is 37.9 Å². The van der Waals surface area contributed by atoms with E-state index >= 15 is 0 Å². The van der Waals surface area contributed by atoms with Crippen molar-refractivity contribution in [2.24, 2.45) is 0 Å². The first kappa shape index (κ1) is 13.6. The molecule has 1 atom stereocenters. The van der Waals surface area contributed by atoms with Gasteiger partial charge in [0.2, 0.25) is 0 Å². The van der Waals surface area contributed by atoms with E-state index in [0.717, 1.165) is 25.8 Å². The summed E-state index contributed by atoms with van der Waals surface area (Å²) >= 11 is 0. The highest BCUT2D eigenvalue weighted by Crippen LogP contribution is 2.09. The van der Waals surface area contributed by atoms with Crippen LogP contribution in [0.1, 0.15) is 44.2 Å². The van der Waals surface area contributed by atoms with Crippen molar-refractivity contribution in [3.8, 4) is 0 Å². The number of carboxylic acids is 1. The number of aromatic nitrogens is 1. The fourth-order valence-electron chi connectivity index (χ4n) is 1.65. The van der Waals surface area contributed by atoms with E-state index in [4.69, 9.17) is 5.11 Å². The highest BCUT2D eigenvalue weighted by atomic mass is 16.4. The van der Waals surface area contributed by atoms with Crippen molar-refractivity contribution in [3.05, 3.63) is 30.1 Å². The Morgan fingerprint density at radius 3 is 2.94 bits per heavy atom. The normalized spacial score (nSPS) is 12.3. The van der Waals surface area contributed by atoms with Crippen molar-refractivity contribution in [1.82, 2.24) is 10.3 Å². The van der Waals surface area contributed by atoms with Gasteiger partial charge in [-0.25, -0.2) is 0 Å². The quantitative estimate of drug-likeness (QED) is 0.680. The van der Waals surface area contributed by atoms with E-state index in [1.165, 1.54) is 5.56 Å². The molecule has 0 saturated carbocycles. The molecule has 0 bridgehead atoms. The van der Waals surface area contributed by atoms with Crippen LogP contribution in [0.2, 0.25) is 0 Å². The van der Waals surface area contributed by atoms with Gasteiger partial charge in [0.05, 0.1) is 0 Å². The molecule has 4 nitrogen and oxygen atoms in total. The van der Waals surface area contributed by atoms with Crippen LogP contribution >= 0.6 is 0 Å². The third kappa shape index (κ3) is 6.02. The highest BCUT2D eigenvalue weighted by molar-refractivity contribution is 5.66. The summed E-state index contributed by atoms with van der Waals surface area (Å²) < 4.78 is 0. The molecule has 0 radical (unpaired) electrons. The van der Waals surface area contributed by atoms with Crippen LogP contribution in [-0.4, -0.2) is 22.6 Å². The van der Waals surface area contributed by atoms with E-state index in [1.54, 1.807) is 6.20 Å². The number of unbranched alkanes of at least 4 members (excludes halogenated alkanes) is 2. The average Bonchev–Trinajstić information content (AvgIpc) is 2.34. The molecule has 0 unspecified atom stereocenters. The molecule has 0 amide bonds. The van der Waals surface area contributed by atoms with Gasteiger partial charge in [0.25, 0.3) is 0 Å². The van der Waals surface area contributed by atoms with Gasteiger partial charge in [-0.2, -0.15) is 0 Å². The Kier molecular flexibility index (Phi) is 6.25. The minimum absolute atomic E-state index is 0.276. The maximum Gasteiger partial charge on any atom is 0.303 e. The molecule has 94 valence electrons. The van der Waals surface area contributed by atoms with Crippen LogP contribution < -0.4 is 5.32 Å². The summed E-state index contributed by atoms with van der Waals surface area (Å²) in [4.78, 5) is 14.4. The number of hydrogen-bond donors (Lipinski definition) is 2. The van der Waals surface area contributed by atoms with Crippen LogP contribution in [0.5, 0.6) is 0 Å². The largest absolute Gasteiger partial charge is 0.481 e. The Morgan fingerprint density at radius 2 is 2.29 bits per heavy atom. The van der Waals surface area contributed by atoms with Crippen LogP contribution in [0.25, 0.3) is 0 Å². The average molecular weight is 236 g/mol. The summed E-state index contributed by atoms with van der Waals surface area (Å²) in [6, 6.07) is 4.28. The van der Waals surface area contributed by atoms with E-state index in [1.807, 2.05) is 12.3 Å². The number of aliphatic carboxylic acids is 1. The Hall–Kier alpha value is -1.42. The molecule has 0 aliphatic heterocycles. The lowest BCUT2D eigenvalue weighted by atomic mass is 10.1. The second kappa shape index (κ2) is 7.79. The minimum Gasteiger partial charge on any atom is -0.481 e. The van der Waals surface area contributed by atoms with Gasteiger partial charge in [0.1, 0.15) is 0 Å². The number of hydrogen-bond acceptors (Lipinski definition) is 3. The van der Waals surface area contributed by atoms with Gasteiger partial charge in [-0.3, -0.25) is 9.78 Å². The lowest BCUT2D eigenvalue weighted by Crippen LogP contribution is -2.19. The Bertz CT molecular complexity index is 327. The number of pyridine rings is 1. The molecule has 0 saturated heterocycles. The lowest BCUT2D eigenvalue weighted by molar-refractivity contribution is -0.137. The Morgan fingerprint density at radius 1 is 1.47 bits per heavy atom. The third-order valence-corrected chi connectivity index (χ3v) is 2.70. The molecule has 1 aromatic heterocycles. The number of nitrogens with one attached hydrogen (secondary N) is 1. The summed E-state index contributed by atoms with van der Waals surface area (Å²) in [6.07, 6.45) is 6.64. The molecular weight excluding hydrogens is 216 g/mol. The predicted molar refractivity (Wildman–Crippen MR) is 66.8 cm³/mol. The number of nitrogens with zero attached hydrogens (tertiary/aromatic N) is 1.